The van der Waals surface area contributed by atoms with Crippen LogP contribution in [0.15, 0.2) is 47.2 Å². The summed E-state index contributed by atoms with van der Waals surface area (Å²) in [6.45, 7) is 6.45. The lowest BCUT2D eigenvalue weighted by molar-refractivity contribution is 0.517. The lowest BCUT2D eigenvalue weighted by Gasteiger charge is -2.15. The zero-order valence-electron chi connectivity index (χ0n) is 12.3. The molecule has 0 aliphatic rings. The van der Waals surface area contributed by atoms with E-state index in [1.807, 2.05) is 0 Å². The van der Waals surface area contributed by atoms with Crippen LogP contribution < -0.4 is 5.32 Å². The van der Waals surface area contributed by atoms with Crippen LogP contribution in [0, 0.1) is 0 Å². The zero-order chi connectivity index (χ0) is 14.4. The third-order valence-electron chi connectivity index (χ3n) is 3.50. The Balaban J connectivity index is 2.02. The summed E-state index contributed by atoms with van der Waals surface area (Å²) < 4.78 is 3.39. The van der Waals surface area contributed by atoms with E-state index in [0.717, 1.165) is 24.0 Å². The molecule has 3 heteroatoms. The van der Waals surface area contributed by atoms with Crippen molar-refractivity contribution in [1.82, 2.24) is 9.88 Å². The SMILES string of the molecule is CCCNC(CC)c1ccn(Cc2ccc(Br)cc2)c1. The minimum absolute atomic E-state index is 0.473. The van der Waals surface area contributed by atoms with Crippen LogP contribution in [0.5, 0.6) is 0 Å². The maximum absolute atomic E-state index is 3.60. The highest BCUT2D eigenvalue weighted by atomic mass is 79.9. The Morgan fingerprint density at radius 3 is 2.55 bits per heavy atom. The van der Waals surface area contributed by atoms with E-state index in [1.165, 1.54) is 17.5 Å². The predicted octanol–water partition coefficient (Wildman–Crippen LogP) is 4.75. The molecule has 0 fully saturated rings. The zero-order valence-corrected chi connectivity index (χ0v) is 13.9. The van der Waals surface area contributed by atoms with Crippen molar-refractivity contribution in [3.05, 3.63) is 58.3 Å². The Kier molecular flexibility index (Phi) is 5.86. The van der Waals surface area contributed by atoms with Crippen LogP contribution in [-0.2, 0) is 6.54 Å². The van der Waals surface area contributed by atoms with Gasteiger partial charge in [0, 0.05) is 29.5 Å². The van der Waals surface area contributed by atoms with Gasteiger partial charge in [0.05, 0.1) is 0 Å². The molecule has 1 atom stereocenters. The fourth-order valence-electron chi connectivity index (χ4n) is 2.38. The van der Waals surface area contributed by atoms with Gasteiger partial charge in [0.2, 0.25) is 0 Å². The molecule has 20 heavy (non-hydrogen) atoms. The van der Waals surface area contributed by atoms with Gasteiger partial charge in [0.15, 0.2) is 0 Å². The molecule has 1 N–H and O–H groups in total. The highest BCUT2D eigenvalue weighted by Gasteiger charge is 2.09. The van der Waals surface area contributed by atoms with E-state index in [9.17, 15) is 0 Å². The third kappa shape index (κ3) is 4.22. The molecule has 1 aromatic carbocycles. The lowest BCUT2D eigenvalue weighted by atomic mass is 10.1. The molecule has 2 nitrogen and oxygen atoms in total. The van der Waals surface area contributed by atoms with E-state index in [0.29, 0.717) is 6.04 Å². The number of rotatable bonds is 7. The van der Waals surface area contributed by atoms with E-state index in [-0.39, 0.29) is 0 Å². The summed E-state index contributed by atoms with van der Waals surface area (Å²) in [5, 5.41) is 3.60. The number of aromatic nitrogens is 1. The largest absolute Gasteiger partial charge is 0.350 e. The van der Waals surface area contributed by atoms with Crippen LogP contribution in [0.25, 0.3) is 0 Å². The summed E-state index contributed by atoms with van der Waals surface area (Å²) >= 11 is 3.47. The number of hydrogen-bond donors (Lipinski definition) is 1. The fourth-order valence-corrected chi connectivity index (χ4v) is 2.65. The molecule has 1 unspecified atom stereocenters. The molecular formula is C17H23BrN2. The van der Waals surface area contributed by atoms with E-state index in [1.54, 1.807) is 0 Å². The number of nitrogens with one attached hydrogen (secondary N) is 1. The number of nitrogens with zero attached hydrogens (tertiary/aromatic N) is 1. The molecule has 0 radical (unpaired) electrons. The second-order valence-corrected chi connectivity index (χ2v) is 6.07. The van der Waals surface area contributed by atoms with Gasteiger partial charge in [-0.3, -0.25) is 0 Å². The Hall–Kier alpha value is -1.06. The van der Waals surface area contributed by atoms with Crippen molar-refractivity contribution in [2.24, 2.45) is 0 Å². The molecule has 0 aliphatic heterocycles. The normalized spacial score (nSPS) is 12.6. The van der Waals surface area contributed by atoms with Gasteiger partial charge in [-0.15, -0.1) is 0 Å². The number of halogens is 1. The highest BCUT2D eigenvalue weighted by Crippen LogP contribution is 2.18. The summed E-state index contributed by atoms with van der Waals surface area (Å²) in [6.07, 6.45) is 6.74. The quantitative estimate of drug-likeness (QED) is 0.773. The van der Waals surface area contributed by atoms with Gasteiger partial charge < -0.3 is 9.88 Å². The van der Waals surface area contributed by atoms with Crippen LogP contribution in [0.2, 0.25) is 0 Å². The predicted molar refractivity (Wildman–Crippen MR) is 89.0 cm³/mol. The van der Waals surface area contributed by atoms with E-state index < -0.39 is 0 Å². The Labute approximate surface area is 130 Å². The molecule has 0 amide bonds. The van der Waals surface area contributed by atoms with Gasteiger partial charge in [0.25, 0.3) is 0 Å². The maximum atomic E-state index is 3.60. The first kappa shape index (κ1) is 15.3. The number of benzene rings is 1. The maximum Gasteiger partial charge on any atom is 0.0470 e. The molecule has 0 saturated heterocycles. The van der Waals surface area contributed by atoms with E-state index in [4.69, 9.17) is 0 Å². The minimum atomic E-state index is 0.473. The summed E-state index contributed by atoms with van der Waals surface area (Å²) in [4.78, 5) is 0. The van der Waals surface area contributed by atoms with Crippen LogP contribution in [0.4, 0.5) is 0 Å². The van der Waals surface area contributed by atoms with Crippen LogP contribution >= 0.6 is 15.9 Å². The highest BCUT2D eigenvalue weighted by molar-refractivity contribution is 9.10. The monoisotopic (exact) mass is 334 g/mol. The van der Waals surface area contributed by atoms with Gasteiger partial charge in [-0.2, -0.15) is 0 Å². The number of hydrogen-bond acceptors (Lipinski definition) is 1. The van der Waals surface area contributed by atoms with Crippen molar-refractivity contribution in [2.75, 3.05) is 6.54 Å². The molecule has 108 valence electrons. The third-order valence-corrected chi connectivity index (χ3v) is 4.03. The first-order valence-corrected chi connectivity index (χ1v) is 8.15. The van der Waals surface area contributed by atoms with Crippen molar-refractivity contribution in [3.8, 4) is 0 Å². The van der Waals surface area contributed by atoms with Gasteiger partial charge in [-0.25, -0.2) is 0 Å². The first-order valence-electron chi connectivity index (χ1n) is 7.36. The Bertz CT molecular complexity index is 516. The van der Waals surface area contributed by atoms with E-state index in [2.05, 4.69) is 82.4 Å². The molecule has 1 heterocycles. The smallest absolute Gasteiger partial charge is 0.0470 e. The van der Waals surface area contributed by atoms with Crippen molar-refractivity contribution in [1.29, 1.82) is 0 Å². The molecule has 2 rings (SSSR count). The molecule has 1 aromatic heterocycles. The molecule has 0 aliphatic carbocycles. The molecular weight excluding hydrogens is 312 g/mol. The first-order chi connectivity index (χ1) is 9.72. The van der Waals surface area contributed by atoms with Crippen molar-refractivity contribution in [3.63, 3.8) is 0 Å². The average Bonchev–Trinajstić information content (AvgIpc) is 2.91. The second-order valence-electron chi connectivity index (χ2n) is 5.16. The summed E-state index contributed by atoms with van der Waals surface area (Å²) in [5.41, 5.74) is 2.71. The molecule has 0 saturated carbocycles. The van der Waals surface area contributed by atoms with Gasteiger partial charge in [-0.1, -0.05) is 41.9 Å². The Morgan fingerprint density at radius 1 is 1.15 bits per heavy atom. The average molecular weight is 335 g/mol. The van der Waals surface area contributed by atoms with Crippen molar-refractivity contribution in [2.45, 2.75) is 39.3 Å². The van der Waals surface area contributed by atoms with Crippen LogP contribution in [0.3, 0.4) is 0 Å². The second kappa shape index (κ2) is 7.65. The summed E-state index contributed by atoms with van der Waals surface area (Å²) in [7, 11) is 0. The van der Waals surface area contributed by atoms with Crippen LogP contribution in [-0.4, -0.2) is 11.1 Å². The molecule has 2 aromatic rings. The minimum Gasteiger partial charge on any atom is -0.350 e. The standard InChI is InChI=1S/C17H23BrN2/c1-3-10-19-17(4-2)15-9-11-20(13-15)12-14-5-7-16(18)8-6-14/h5-9,11,13,17,19H,3-4,10,12H2,1-2H3. The summed E-state index contributed by atoms with van der Waals surface area (Å²) in [6, 6.07) is 11.2. The van der Waals surface area contributed by atoms with Gasteiger partial charge >= 0.3 is 0 Å². The van der Waals surface area contributed by atoms with Gasteiger partial charge in [-0.05, 0) is 48.7 Å². The fraction of sp³-hybridized carbons (Fsp3) is 0.412. The lowest BCUT2D eigenvalue weighted by Crippen LogP contribution is -2.21. The van der Waals surface area contributed by atoms with E-state index >= 15 is 0 Å². The molecule has 0 spiro atoms. The van der Waals surface area contributed by atoms with Gasteiger partial charge in [0.1, 0.15) is 0 Å². The van der Waals surface area contributed by atoms with Crippen molar-refractivity contribution < 1.29 is 0 Å². The summed E-state index contributed by atoms with van der Waals surface area (Å²) in [5.74, 6) is 0. The molecule has 0 bridgehead atoms. The van der Waals surface area contributed by atoms with Crippen molar-refractivity contribution >= 4 is 15.9 Å². The van der Waals surface area contributed by atoms with Crippen LogP contribution in [0.1, 0.15) is 43.9 Å². The topological polar surface area (TPSA) is 17.0 Å². The Morgan fingerprint density at radius 2 is 1.90 bits per heavy atom.